The first-order valence-corrected chi connectivity index (χ1v) is 21.2. The number of azo groups is 1. The Balaban J connectivity index is 1.71. The van der Waals surface area contributed by atoms with Crippen LogP contribution in [0.25, 0.3) is 10.8 Å². The zero-order valence-corrected chi connectivity index (χ0v) is 31.5. The van der Waals surface area contributed by atoms with Crippen LogP contribution in [0.3, 0.4) is 0 Å². The highest BCUT2D eigenvalue weighted by atomic mass is 35.5. The molecular formula is C31H26ClN7O11S4. The molecule has 4 N–H and O–H groups in total. The molecule has 0 aliphatic heterocycles. The molecule has 282 valence electrons. The highest BCUT2D eigenvalue weighted by Gasteiger charge is 2.28. The van der Waals surface area contributed by atoms with Gasteiger partial charge in [-0.3, -0.25) is 9.11 Å². The number of aromatic nitrogens is 3. The lowest BCUT2D eigenvalue weighted by atomic mass is 10.1. The van der Waals surface area contributed by atoms with Crippen LogP contribution in [0, 0.1) is 0 Å². The van der Waals surface area contributed by atoms with Gasteiger partial charge < -0.3 is 15.3 Å². The minimum Gasteiger partial charge on any atom is -0.505 e. The third kappa shape index (κ3) is 8.23. The van der Waals surface area contributed by atoms with E-state index in [1.165, 1.54) is 41.3 Å². The van der Waals surface area contributed by atoms with E-state index in [0.717, 1.165) is 23.6 Å². The highest BCUT2D eigenvalue weighted by molar-refractivity contribution is 7.94. The molecule has 5 rings (SSSR count). The Hall–Kier alpha value is -5.36. The van der Waals surface area contributed by atoms with Crippen LogP contribution < -0.4 is 10.2 Å². The quantitative estimate of drug-likeness (QED) is 0.0778. The first-order valence-electron chi connectivity index (χ1n) is 14.8. The van der Waals surface area contributed by atoms with Crippen molar-refractivity contribution in [1.82, 2.24) is 15.0 Å². The number of phenols is 1. The minimum absolute atomic E-state index is 0.0699. The van der Waals surface area contributed by atoms with Crippen LogP contribution in [0.2, 0.25) is 5.28 Å². The highest BCUT2D eigenvalue weighted by Crippen LogP contribution is 2.46. The van der Waals surface area contributed by atoms with Gasteiger partial charge in [0.15, 0.2) is 25.4 Å². The second kappa shape index (κ2) is 14.8. The van der Waals surface area contributed by atoms with E-state index < -0.39 is 71.9 Å². The molecule has 4 aromatic carbocycles. The lowest BCUT2D eigenvalue weighted by Crippen LogP contribution is -2.20. The maximum absolute atomic E-state index is 12.5. The number of hydrogen-bond acceptors (Lipinski definition) is 16. The van der Waals surface area contributed by atoms with Gasteiger partial charge in [-0.2, -0.15) is 36.9 Å². The van der Waals surface area contributed by atoms with E-state index in [-0.39, 0.29) is 44.9 Å². The predicted molar refractivity (Wildman–Crippen MR) is 198 cm³/mol. The lowest BCUT2D eigenvalue weighted by molar-refractivity contribution is 0.471. The molecule has 23 heteroatoms. The predicted octanol–water partition coefficient (Wildman–Crippen LogP) is 6.03. The molecule has 0 fully saturated rings. The summed E-state index contributed by atoms with van der Waals surface area (Å²) in [7, 11) is -18.2. The fraction of sp³-hybridized carbons (Fsp3) is 0.0645. The number of phenolic OH excluding ortho intramolecular Hbond substituents is 1. The van der Waals surface area contributed by atoms with Crippen molar-refractivity contribution in [1.29, 1.82) is 0 Å². The molecule has 0 amide bonds. The molecule has 0 aliphatic carbocycles. The molecule has 0 atom stereocenters. The number of benzene rings is 4. The number of halogens is 1. The average Bonchev–Trinajstić information content (AvgIpc) is 3.10. The molecule has 0 saturated carbocycles. The summed E-state index contributed by atoms with van der Waals surface area (Å²) in [4.78, 5) is 11.6. The number of hydrogen-bond donors (Lipinski definition) is 4. The van der Waals surface area contributed by atoms with Gasteiger partial charge in [-0.25, -0.2) is 16.8 Å². The topological polar surface area (TPSA) is 276 Å². The summed E-state index contributed by atoms with van der Waals surface area (Å²) in [6, 6.07) is 13.2. The Labute approximate surface area is 313 Å². The number of rotatable bonds is 13. The van der Waals surface area contributed by atoms with Crippen molar-refractivity contribution in [3.8, 4) is 5.75 Å². The standard InChI is InChI=1S/C31H26ClN7O11S4/c1-4-39(19-10-8-12-21(16-19)52(43,44)6-3)31-35-29(32)34-30(36-31)33-23-13-14-24(53(45,46)47)22-17-25(54(48,49)50)27(28(40)26(22)23)38-37-18-9-7-11-20(15-18)51(41,42)5-2/h5-17,40H,2-4H2,1H3,(H,45,46,47)(H,48,49,50)(H,33,34,35,36). The van der Waals surface area contributed by atoms with Gasteiger partial charge in [0, 0.05) is 28.4 Å². The van der Waals surface area contributed by atoms with Gasteiger partial charge in [0.2, 0.25) is 17.2 Å². The van der Waals surface area contributed by atoms with E-state index in [9.17, 15) is 47.9 Å². The third-order valence-electron chi connectivity index (χ3n) is 7.44. The van der Waals surface area contributed by atoms with Crippen molar-refractivity contribution in [3.63, 3.8) is 0 Å². The van der Waals surface area contributed by atoms with Crippen molar-refractivity contribution >= 4 is 96.9 Å². The van der Waals surface area contributed by atoms with Crippen molar-refractivity contribution in [2.75, 3.05) is 16.8 Å². The van der Waals surface area contributed by atoms with Crippen molar-refractivity contribution in [2.24, 2.45) is 10.2 Å². The summed E-state index contributed by atoms with van der Waals surface area (Å²) in [5.74, 6) is -1.50. The maximum Gasteiger partial charge on any atom is 0.296 e. The van der Waals surface area contributed by atoms with Gasteiger partial charge in [-0.05, 0) is 73.1 Å². The van der Waals surface area contributed by atoms with E-state index in [4.69, 9.17) is 11.6 Å². The molecule has 0 bridgehead atoms. The van der Waals surface area contributed by atoms with Crippen LogP contribution in [-0.4, -0.2) is 69.4 Å². The van der Waals surface area contributed by atoms with E-state index in [1.807, 2.05) is 0 Å². The lowest BCUT2D eigenvalue weighted by Gasteiger charge is -2.22. The summed E-state index contributed by atoms with van der Waals surface area (Å²) in [6.07, 6.45) is 0. The summed E-state index contributed by atoms with van der Waals surface area (Å²) < 4.78 is 119. The Morgan fingerprint density at radius 2 is 1.41 bits per heavy atom. The fourth-order valence-corrected chi connectivity index (χ4v) is 7.96. The van der Waals surface area contributed by atoms with Gasteiger partial charge in [0.25, 0.3) is 20.2 Å². The van der Waals surface area contributed by atoms with Gasteiger partial charge >= 0.3 is 0 Å². The molecule has 0 unspecified atom stereocenters. The number of fused-ring (bicyclic) bond motifs is 1. The third-order valence-corrected chi connectivity index (χ3v) is 12.1. The van der Waals surface area contributed by atoms with E-state index in [2.05, 4.69) is 43.7 Å². The van der Waals surface area contributed by atoms with E-state index in [1.54, 1.807) is 13.0 Å². The maximum atomic E-state index is 12.5. The summed E-state index contributed by atoms with van der Waals surface area (Å²) in [5, 5.41) is 21.8. The zero-order chi connectivity index (χ0) is 39.8. The fourth-order valence-electron chi connectivity index (χ4n) is 4.98. The zero-order valence-electron chi connectivity index (χ0n) is 27.4. The van der Waals surface area contributed by atoms with Gasteiger partial charge in [-0.15, -0.1) is 5.11 Å². The molecule has 1 heterocycles. The number of aromatic hydroxyl groups is 1. The SMILES string of the molecule is C=CS(=O)(=O)c1cccc(N=Nc2c(S(=O)(=O)O)cc3c(S(=O)(=O)O)ccc(Nc4nc(Cl)nc(N(CC)c5cccc(S(=O)(=O)C=C)c5)n4)c3c2O)c1. The average molecular weight is 836 g/mol. The number of sulfone groups is 2. The molecule has 0 saturated heterocycles. The van der Waals surface area contributed by atoms with Crippen molar-refractivity contribution in [2.45, 2.75) is 26.5 Å². The second-order valence-electron chi connectivity index (χ2n) is 10.8. The van der Waals surface area contributed by atoms with Crippen molar-refractivity contribution < 1.29 is 47.9 Å². The van der Waals surface area contributed by atoms with E-state index >= 15 is 0 Å². The Morgan fingerprint density at radius 3 is 2.00 bits per heavy atom. The van der Waals surface area contributed by atoms with Crippen LogP contribution in [0.15, 0.2) is 121 Å². The summed E-state index contributed by atoms with van der Waals surface area (Å²) in [5.41, 5.74) is -0.958. The number of anilines is 4. The van der Waals surface area contributed by atoms with Crippen molar-refractivity contribution in [3.05, 3.63) is 96.0 Å². The molecule has 18 nitrogen and oxygen atoms in total. The smallest absolute Gasteiger partial charge is 0.296 e. The largest absolute Gasteiger partial charge is 0.505 e. The van der Waals surface area contributed by atoms with Crippen LogP contribution in [0.1, 0.15) is 6.92 Å². The van der Waals surface area contributed by atoms with Crippen LogP contribution in [-0.2, 0) is 39.9 Å². The normalized spacial score (nSPS) is 12.5. The van der Waals surface area contributed by atoms with E-state index in [0.29, 0.717) is 17.2 Å². The first kappa shape index (κ1) is 39.8. The van der Waals surface area contributed by atoms with Gasteiger partial charge in [-0.1, -0.05) is 25.3 Å². The number of nitrogens with zero attached hydrogens (tertiary/aromatic N) is 6. The molecule has 1 aromatic heterocycles. The number of nitrogens with one attached hydrogen (secondary N) is 1. The first-order chi connectivity index (χ1) is 25.2. The monoisotopic (exact) mass is 835 g/mol. The second-order valence-corrected chi connectivity index (χ2v) is 17.7. The van der Waals surface area contributed by atoms with Crippen LogP contribution in [0.4, 0.5) is 34.6 Å². The Kier molecular flexibility index (Phi) is 10.9. The molecule has 5 aromatic rings. The Bertz CT molecular complexity index is 2850. The molecule has 0 radical (unpaired) electrons. The molecular weight excluding hydrogens is 810 g/mol. The van der Waals surface area contributed by atoms with Gasteiger partial charge in [0.05, 0.1) is 26.6 Å². The minimum atomic E-state index is -5.30. The summed E-state index contributed by atoms with van der Waals surface area (Å²) >= 11 is 6.25. The Morgan fingerprint density at radius 1 is 0.796 bits per heavy atom. The molecule has 0 aliphatic rings. The summed E-state index contributed by atoms with van der Waals surface area (Å²) in [6.45, 7) is 8.46. The van der Waals surface area contributed by atoms with Crippen LogP contribution >= 0.6 is 11.6 Å². The molecule has 0 spiro atoms. The van der Waals surface area contributed by atoms with Gasteiger partial charge in [0.1, 0.15) is 15.5 Å². The van der Waals surface area contributed by atoms with Crippen LogP contribution in [0.5, 0.6) is 5.75 Å². The molecule has 54 heavy (non-hydrogen) atoms.